The molecule has 2 amide bonds. The number of hydrogen-bond donors (Lipinski definition) is 2. The van der Waals surface area contributed by atoms with Gasteiger partial charge in [0.15, 0.2) is 5.11 Å². The van der Waals surface area contributed by atoms with Crippen LogP contribution < -0.4 is 10.6 Å². The van der Waals surface area contributed by atoms with Crippen molar-refractivity contribution in [2.24, 2.45) is 0 Å². The fourth-order valence-electron chi connectivity index (χ4n) is 2.57. The van der Waals surface area contributed by atoms with E-state index in [2.05, 4.69) is 26.6 Å². The molecule has 1 heterocycles. The summed E-state index contributed by atoms with van der Waals surface area (Å²) in [7, 11) is 0. The van der Waals surface area contributed by atoms with Gasteiger partial charge < -0.3 is 10.6 Å². The Labute approximate surface area is 185 Å². The fraction of sp³-hybridized carbons (Fsp3) is 0.150. The molecule has 0 atom stereocenters. The number of carbonyl (C=O) groups is 2. The third-order valence-electron chi connectivity index (χ3n) is 4.01. The summed E-state index contributed by atoms with van der Waals surface area (Å²) in [6.45, 7) is 0.985. The van der Waals surface area contributed by atoms with Crippen molar-refractivity contribution < 1.29 is 14.0 Å². The number of hydrogen-bond acceptors (Lipinski definition) is 4. The molecule has 2 aromatic rings. The maximum absolute atomic E-state index is 12.9. The Morgan fingerprint density at radius 3 is 2.66 bits per heavy atom. The zero-order valence-electron chi connectivity index (χ0n) is 15.2. The van der Waals surface area contributed by atoms with Crippen LogP contribution in [0, 0.1) is 5.82 Å². The highest BCUT2D eigenvalue weighted by Crippen LogP contribution is 2.32. The number of thiocarbonyl (C=S) groups is 1. The highest BCUT2D eigenvalue weighted by Gasteiger charge is 2.34. The molecule has 150 valence electrons. The summed E-state index contributed by atoms with van der Waals surface area (Å²) in [5, 5.41) is 6.06. The first kappa shape index (κ1) is 21.5. The van der Waals surface area contributed by atoms with E-state index >= 15 is 0 Å². The standard InChI is InChI=1S/C20H17BrFN3O2S2/c21-15-3-1-2-14(10-15)11-17-18(26)25(20(27)29-17)9-8-23-19(28)24-12-13-4-6-16(22)7-5-13/h1-7,10-11H,8-9,12H2,(H2,23,24,28)/b17-11-. The second-order valence-corrected chi connectivity index (χ2v) is 8.44. The van der Waals surface area contributed by atoms with E-state index in [0.717, 1.165) is 27.4 Å². The van der Waals surface area contributed by atoms with Crippen molar-refractivity contribution in [3.8, 4) is 0 Å². The van der Waals surface area contributed by atoms with E-state index in [1.165, 1.54) is 17.0 Å². The highest BCUT2D eigenvalue weighted by molar-refractivity contribution is 9.10. The predicted molar refractivity (Wildman–Crippen MR) is 121 cm³/mol. The number of amides is 2. The first-order valence-corrected chi connectivity index (χ1v) is 10.7. The van der Waals surface area contributed by atoms with Crippen LogP contribution in [-0.2, 0) is 11.3 Å². The molecule has 0 spiro atoms. The van der Waals surface area contributed by atoms with Gasteiger partial charge in [-0.05, 0) is 65.4 Å². The van der Waals surface area contributed by atoms with E-state index < -0.39 is 0 Å². The number of nitrogens with zero attached hydrogens (tertiary/aromatic N) is 1. The molecule has 0 unspecified atom stereocenters. The normalized spacial score (nSPS) is 15.1. The van der Waals surface area contributed by atoms with Gasteiger partial charge in [-0.1, -0.05) is 40.2 Å². The third-order valence-corrected chi connectivity index (χ3v) is 5.70. The van der Waals surface area contributed by atoms with E-state index in [9.17, 15) is 14.0 Å². The molecule has 29 heavy (non-hydrogen) atoms. The van der Waals surface area contributed by atoms with Gasteiger partial charge in [-0.3, -0.25) is 14.5 Å². The number of benzene rings is 2. The molecule has 2 N–H and O–H groups in total. The van der Waals surface area contributed by atoms with Crippen LogP contribution in [0.5, 0.6) is 0 Å². The molecule has 3 rings (SSSR count). The molecule has 2 aromatic carbocycles. The van der Waals surface area contributed by atoms with Crippen LogP contribution in [0.2, 0.25) is 0 Å². The lowest BCUT2D eigenvalue weighted by Crippen LogP contribution is -2.41. The number of imide groups is 1. The van der Waals surface area contributed by atoms with Crippen LogP contribution in [0.15, 0.2) is 57.9 Å². The van der Waals surface area contributed by atoms with Gasteiger partial charge in [0, 0.05) is 24.1 Å². The van der Waals surface area contributed by atoms with E-state index in [1.54, 1.807) is 18.2 Å². The van der Waals surface area contributed by atoms with Gasteiger partial charge in [0.1, 0.15) is 5.82 Å². The molecular formula is C20H17BrFN3O2S2. The van der Waals surface area contributed by atoms with Crippen molar-refractivity contribution >= 4 is 62.2 Å². The molecule has 0 aliphatic carbocycles. The van der Waals surface area contributed by atoms with Crippen molar-refractivity contribution in [2.45, 2.75) is 6.54 Å². The monoisotopic (exact) mass is 493 g/mol. The largest absolute Gasteiger partial charge is 0.361 e. The summed E-state index contributed by atoms with van der Waals surface area (Å²) in [6.07, 6.45) is 1.71. The van der Waals surface area contributed by atoms with Gasteiger partial charge >= 0.3 is 0 Å². The molecule has 1 saturated heterocycles. The Morgan fingerprint density at radius 2 is 1.93 bits per heavy atom. The number of thioether (sulfide) groups is 1. The zero-order chi connectivity index (χ0) is 20.8. The van der Waals surface area contributed by atoms with Crippen molar-refractivity contribution in [3.05, 3.63) is 74.9 Å². The van der Waals surface area contributed by atoms with E-state index in [0.29, 0.717) is 23.1 Å². The number of nitrogens with one attached hydrogen (secondary N) is 2. The minimum absolute atomic E-state index is 0.207. The van der Waals surface area contributed by atoms with E-state index in [1.807, 2.05) is 24.3 Å². The lowest BCUT2D eigenvalue weighted by Gasteiger charge is -2.15. The Kier molecular flexibility index (Phi) is 7.40. The fourth-order valence-corrected chi connectivity index (χ4v) is 4.03. The smallest absolute Gasteiger partial charge is 0.293 e. The molecule has 0 aromatic heterocycles. The van der Waals surface area contributed by atoms with E-state index in [4.69, 9.17) is 12.2 Å². The van der Waals surface area contributed by atoms with Crippen molar-refractivity contribution in [1.82, 2.24) is 15.5 Å². The quantitative estimate of drug-likeness (QED) is 0.462. The summed E-state index contributed by atoms with van der Waals surface area (Å²) in [5.74, 6) is -0.604. The van der Waals surface area contributed by atoms with E-state index in [-0.39, 0.29) is 23.5 Å². The number of rotatable bonds is 6. The first-order valence-electron chi connectivity index (χ1n) is 8.69. The Morgan fingerprint density at radius 1 is 1.17 bits per heavy atom. The lowest BCUT2D eigenvalue weighted by atomic mass is 10.2. The SMILES string of the molecule is O=C1S/C(=C\c2cccc(Br)c2)C(=O)N1CCNC(=S)NCc1ccc(F)cc1. The van der Waals surface area contributed by atoms with Crippen molar-refractivity contribution in [3.63, 3.8) is 0 Å². The second-order valence-electron chi connectivity index (χ2n) is 6.12. The van der Waals surface area contributed by atoms with Crippen molar-refractivity contribution in [2.75, 3.05) is 13.1 Å². The topological polar surface area (TPSA) is 61.4 Å². The lowest BCUT2D eigenvalue weighted by molar-refractivity contribution is -0.122. The molecule has 1 fully saturated rings. The van der Waals surface area contributed by atoms with Gasteiger partial charge in [-0.15, -0.1) is 0 Å². The third kappa shape index (κ3) is 6.12. The minimum Gasteiger partial charge on any atom is -0.361 e. The predicted octanol–water partition coefficient (Wildman–Crippen LogP) is 4.29. The Balaban J connectivity index is 1.47. The van der Waals surface area contributed by atoms with Gasteiger partial charge in [-0.25, -0.2) is 4.39 Å². The second kappa shape index (κ2) is 10.00. The molecule has 5 nitrogen and oxygen atoms in total. The summed E-state index contributed by atoms with van der Waals surface area (Å²) < 4.78 is 13.8. The van der Waals surface area contributed by atoms with Gasteiger partial charge in [0.25, 0.3) is 11.1 Å². The van der Waals surface area contributed by atoms with Crippen molar-refractivity contribution in [1.29, 1.82) is 0 Å². The summed E-state index contributed by atoms with van der Waals surface area (Å²) >= 11 is 9.51. The van der Waals surface area contributed by atoms with Crippen LogP contribution in [-0.4, -0.2) is 34.2 Å². The van der Waals surface area contributed by atoms with Crippen LogP contribution in [0.3, 0.4) is 0 Å². The Hall–Kier alpha value is -2.23. The molecular weight excluding hydrogens is 477 g/mol. The molecule has 9 heteroatoms. The maximum atomic E-state index is 12.9. The molecule has 0 bridgehead atoms. The number of carbonyl (C=O) groups excluding carboxylic acids is 2. The Bertz CT molecular complexity index is 966. The molecule has 1 aliphatic rings. The van der Waals surface area contributed by atoms with Gasteiger partial charge in [0.2, 0.25) is 0 Å². The average molecular weight is 494 g/mol. The van der Waals surface area contributed by atoms with Gasteiger partial charge in [-0.2, -0.15) is 0 Å². The summed E-state index contributed by atoms with van der Waals surface area (Å²) in [4.78, 5) is 26.3. The van der Waals surface area contributed by atoms with Crippen LogP contribution in [0.1, 0.15) is 11.1 Å². The molecule has 0 radical (unpaired) electrons. The first-order chi connectivity index (χ1) is 13.9. The minimum atomic E-state index is -0.313. The van der Waals surface area contributed by atoms with Crippen LogP contribution in [0.25, 0.3) is 6.08 Å². The van der Waals surface area contributed by atoms with Crippen LogP contribution >= 0.6 is 39.9 Å². The molecule has 0 saturated carbocycles. The molecule has 1 aliphatic heterocycles. The van der Waals surface area contributed by atoms with Crippen LogP contribution in [0.4, 0.5) is 9.18 Å². The summed E-state index contributed by atoms with van der Waals surface area (Å²) in [5.41, 5.74) is 1.73. The highest BCUT2D eigenvalue weighted by atomic mass is 79.9. The average Bonchev–Trinajstić information content (AvgIpc) is 2.95. The maximum Gasteiger partial charge on any atom is 0.293 e. The zero-order valence-corrected chi connectivity index (χ0v) is 18.4. The number of halogens is 2. The summed E-state index contributed by atoms with van der Waals surface area (Å²) in [6, 6.07) is 13.6. The van der Waals surface area contributed by atoms with Gasteiger partial charge in [0.05, 0.1) is 4.91 Å².